The number of nitrogens with zero attached hydrogens (tertiary/aromatic N) is 2. The van der Waals surface area contributed by atoms with Gasteiger partial charge in [0.25, 0.3) is 0 Å². The molecular formula is C10H15N3O3. The van der Waals surface area contributed by atoms with Crippen LogP contribution in [0.15, 0.2) is 10.6 Å². The Morgan fingerprint density at radius 1 is 1.56 bits per heavy atom. The van der Waals surface area contributed by atoms with Gasteiger partial charge in [0.15, 0.2) is 5.82 Å². The molecule has 1 N–H and O–H groups in total. The number of hydrogen-bond acceptors (Lipinski definition) is 4. The van der Waals surface area contributed by atoms with E-state index in [1.165, 1.54) is 4.90 Å². The van der Waals surface area contributed by atoms with Crippen LogP contribution in [0.25, 0.3) is 0 Å². The first kappa shape index (κ1) is 12.2. The summed E-state index contributed by atoms with van der Waals surface area (Å²) in [6.07, 6.45) is 0.382. The van der Waals surface area contributed by atoms with E-state index in [9.17, 15) is 9.59 Å². The van der Waals surface area contributed by atoms with Crippen molar-refractivity contribution >= 4 is 17.6 Å². The molecule has 0 spiro atoms. The van der Waals surface area contributed by atoms with Gasteiger partial charge in [0, 0.05) is 19.5 Å². The summed E-state index contributed by atoms with van der Waals surface area (Å²) in [6.45, 7) is 3.49. The zero-order chi connectivity index (χ0) is 12.1. The van der Waals surface area contributed by atoms with Crippen LogP contribution in [0.5, 0.6) is 0 Å². The number of amides is 2. The standard InChI is InChI=1S/C10H15N3O3/c1-4-10(15)13(3)6-9(14)11-8-5-7(2)16-12-8/h5H,4,6H2,1-3H3,(H,11,12,14). The Balaban J connectivity index is 2.45. The van der Waals surface area contributed by atoms with Crippen molar-refractivity contribution in [2.45, 2.75) is 20.3 Å². The maximum atomic E-state index is 11.5. The van der Waals surface area contributed by atoms with Crippen LogP contribution >= 0.6 is 0 Å². The maximum Gasteiger partial charge on any atom is 0.245 e. The van der Waals surface area contributed by atoms with E-state index < -0.39 is 0 Å². The summed E-state index contributed by atoms with van der Waals surface area (Å²) in [5, 5.41) is 6.15. The lowest BCUT2D eigenvalue weighted by Crippen LogP contribution is -2.34. The van der Waals surface area contributed by atoms with E-state index in [1.807, 2.05) is 0 Å². The molecule has 0 aliphatic rings. The van der Waals surface area contributed by atoms with Crippen LogP contribution in [0.2, 0.25) is 0 Å². The number of hydrogen-bond donors (Lipinski definition) is 1. The molecule has 0 saturated carbocycles. The number of aryl methyl sites for hydroxylation is 1. The first-order valence-corrected chi connectivity index (χ1v) is 5.00. The van der Waals surface area contributed by atoms with Crippen molar-refractivity contribution < 1.29 is 14.1 Å². The molecule has 88 valence electrons. The molecular weight excluding hydrogens is 210 g/mol. The van der Waals surface area contributed by atoms with E-state index in [0.717, 1.165) is 0 Å². The van der Waals surface area contributed by atoms with Gasteiger partial charge in [0.2, 0.25) is 11.8 Å². The Kier molecular flexibility index (Phi) is 4.04. The minimum atomic E-state index is -0.294. The lowest BCUT2D eigenvalue weighted by molar-refractivity contribution is -0.133. The van der Waals surface area contributed by atoms with Crippen LogP contribution in [-0.4, -0.2) is 35.5 Å². The second kappa shape index (κ2) is 5.29. The molecule has 16 heavy (non-hydrogen) atoms. The quantitative estimate of drug-likeness (QED) is 0.822. The fraction of sp³-hybridized carbons (Fsp3) is 0.500. The number of likely N-dealkylation sites (N-methyl/N-ethyl adjacent to an activating group) is 1. The Bertz CT molecular complexity index is 386. The maximum absolute atomic E-state index is 11.5. The molecule has 1 aromatic heterocycles. The summed E-state index contributed by atoms with van der Waals surface area (Å²) in [4.78, 5) is 24.0. The minimum Gasteiger partial charge on any atom is -0.360 e. The molecule has 0 bridgehead atoms. The van der Waals surface area contributed by atoms with Crippen LogP contribution in [0.4, 0.5) is 5.82 Å². The number of rotatable bonds is 4. The molecule has 1 heterocycles. The van der Waals surface area contributed by atoms with Gasteiger partial charge in [-0.2, -0.15) is 0 Å². The minimum absolute atomic E-state index is 0.0125. The normalized spacial score (nSPS) is 9.94. The van der Waals surface area contributed by atoms with Crippen LogP contribution in [0.1, 0.15) is 19.1 Å². The zero-order valence-corrected chi connectivity index (χ0v) is 9.61. The molecule has 0 aliphatic carbocycles. The number of carbonyl (C=O) groups excluding carboxylic acids is 2. The van der Waals surface area contributed by atoms with Gasteiger partial charge in [-0.15, -0.1) is 0 Å². The number of nitrogens with one attached hydrogen (secondary N) is 1. The van der Waals surface area contributed by atoms with Crippen molar-refractivity contribution in [1.82, 2.24) is 10.1 Å². The molecule has 0 unspecified atom stereocenters. The van der Waals surface area contributed by atoms with E-state index in [2.05, 4.69) is 10.5 Å². The highest BCUT2D eigenvalue weighted by Crippen LogP contribution is 2.06. The van der Waals surface area contributed by atoms with Gasteiger partial charge in [-0.25, -0.2) is 0 Å². The van der Waals surface area contributed by atoms with Crippen LogP contribution in [-0.2, 0) is 9.59 Å². The average Bonchev–Trinajstić information content (AvgIpc) is 2.62. The largest absolute Gasteiger partial charge is 0.360 e. The topological polar surface area (TPSA) is 75.4 Å². The van der Waals surface area contributed by atoms with Crippen molar-refractivity contribution in [2.75, 3.05) is 18.9 Å². The summed E-state index contributed by atoms with van der Waals surface area (Å²) in [5.74, 6) is 0.609. The summed E-state index contributed by atoms with van der Waals surface area (Å²) in [7, 11) is 1.58. The van der Waals surface area contributed by atoms with Gasteiger partial charge in [-0.3, -0.25) is 9.59 Å². The Morgan fingerprint density at radius 3 is 2.75 bits per heavy atom. The summed E-state index contributed by atoms with van der Waals surface area (Å²) < 4.78 is 4.79. The molecule has 0 radical (unpaired) electrons. The SMILES string of the molecule is CCC(=O)N(C)CC(=O)Nc1cc(C)on1. The third kappa shape index (κ3) is 3.38. The fourth-order valence-electron chi connectivity index (χ4n) is 1.18. The Labute approximate surface area is 93.6 Å². The molecule has 1 rings (SSSR count). The highest BCUT2D eigenvalue weighted by molar-refractivity contribution is 5.93. The molecule has 0 fully saturated rings. The molecule has 2 amide bonds. The predicted molar refractivity (Wildman–Crippen MR) is 57.8 cm³/mol. The van der Waals surface area contributed by atoms with Crippen LogP contribution in [0, 0.1) is 6.92 Å². The second-order valence-corrected chi connectivity index (χ2v) is 3.47. The van der Waals surface area contributed by atoms with Crippen molar-refractivity contribution in [3.05, 3.63) is 11.8 Å². The monoisotopic (exact) mass is 225 g/mol. The van der Waals surface area contributed by atoms with Gasteiger partial charge >= 0.3 is 0 Å². The van der Waals surface area contributed by atoms with Gasteiger partial charge in [-0.1, -0.05) is 12.1 Å². The lowest BCUT2D eigenvalue weighted by Gasteiger charge is -2.14. The van der Waals surface area contributed by atoms with Gasteiger partial charge in [0.05, 0.1) is 6.54 Å². The number of aromatic nitrogens is 1. The molecule has 0 atom stereocenters. The molecule has 0 aromatic carbocycles. The summed E-state index contributed by atoms with van der Waals surface area (Å²) in [5.41, 5.74) is 0. The van der Waals surface area contributed by atoms with Crippen molar-refractivity contribution in [2.24, 2.45) is 0 Å². The summed E-state index contributed by atoms with van der Waals surface area (Å²) in [6, 6.07) is 1.61. The van der Waals surface area contributed by atoms with E-state index in [4.69, 9.17) is 4.52 Å². The third-order valence-corrected chi connectivity index (χ3v) is 2.00. The van der Waals surface area contributed by atoms with Crippen molar-refractivity contribution in [3.8, 4) is 0 Å². The van der Waals surface area contributed by atoms with E-state index >= 15 is 0 Å². The molecule has 6 nitrogen and oxygen atoms in total. The van der Waals surface area contributed by atoms with E-state index in [-0.39, 0.29) is 18.4 Å². The molecule has 1 aromatic rings. The van der Waals surface area contributed by atoms with E-state index in [0.29, 0.717) is 18.0 Å². The first-order chi connectivity index (χ1) is 7.52. The van der Waals surface area contributed by atoms with E-state index in [1.54, 1.807) is 27.0 Å². The lowest BCUT2D eigenvalue weighted by atomic mass is 10.4. The highest BCUT2D eigenvalue weighted by atomic mass is 16.5. The van der Waals surface area contributed by atoms with Gasteiger partial charge in [-0.05, 0) is 6.92 Å². The molecule has 0 aliphatic heterocycles. The fourth-order valence-corrected chi connectivity index (χ4v) is 1.18. The Hall–Kier alpha value is -1.85. The number of carbonyl (C=O) groups is 2. The van der Waals surface area contributed by atoms with Crippen LogP contribution in [0.3, 0.4) is 0 Å². The van der Waals surface area contributed by atoms with Gasteiger partial charge in [0.1, 0.15) is 5.76 Å². The third-order valence-electron chi connectivity index (χ3n) is 2.00. The Morgan fingerprint density at radius 2 is 2.25 bits per heavy atom. The molecule has 0 saturated heterocycles. The smallest absolute Gasteiger partial charge is 0.245 e. The zero-order valence-electron chi connectivity index (χ0n) is 9.61. The highest BCUT2D eigenvalue weighted by Gasteiger charge is 2.12. The summed E-state index contributed by atoms with van der Waals surface area (Å²) >= 11 is 0. The number of anilines is 1. The molecule has 6 heteroatoms. The first-order valence-electron chi connectivity index (χ1n) is 5.00. The average molecular weight is 225 g/mol. The van der Waals surface area contributed by atoms with Crippen molar-refractivity contribution in [3.63, 3.8) is 0 Å². The van der Waals surface area contributed by atoms with Crippen molar-refractivity contribution in [1.29, 1.82) is 0 Å². The predicted octanol–water partition coefficient (Wildman–Crippen LogP) is 0.790. The van der Waals surface area contributed by atoms with Gasteiger partial charge < -0.3 is 14.7 Å². The second-order valence-electron chi connectivity index (χ2n) is 3.47. The van der Waals surface area contributed by atoms with Crippen LogP contribution < -0.4 is 5.32 Å².